The third kappa shape index (κ3) is 4.41. The average molecular weight is 428 g/mol. The fourth-order valence-corrected chi connectivity index (χ4v) is 3.64. The number of nitrogens with one attached hydrogen (secondary N) is 2. The third-order valence-electron chi connectivity index (χ3n) is 5.23. The first-order chi connectivity index (χ1) is 14.4. The van der Waals surface area contributed by atoms with Crippen molar-refractivity contribution in [2.24, 2.45) is 5.92 Å². The molecule has 0 radical (unpaired) electrons. The van der Waals surface area contributed by atoms with Crippen molar-refractivity contribution in [3.8, 4) is 5.75 Å². The molecule has 1 saturated carbocycles. The molecule has 8 heteroatoms. The number of rotatable bonds is 6. The van der Waals surface area contributed by atoms with Crippen LogP contribution in [0.15, 0.2) is 42.5 Å². The number of hydrogen-bond acceptors (Lipinski definition) is 4. The lowest BCUT2D eigenvalue weighted by molar-refractivity contribution is -0.122. The van der Waals surface area contributed by atoms with Gasteiger partial charge in [0.25, 0.3) is 5.91 Å². The minimum Gasteiger partial charge on any atom is -0.495 e. The van der Waals surface area contributed by atoms with E-state index in [0.29, 0.717) is 27.7 Å². The first kappa shape index (κ1) is 20.2. The Bertz CT molecular complexity index is 1010. The van der Waals surface area contributed by atoms with E-state index in [9.17, 15) is 14.4 Å². The van der Waals surface area contributed by atoms with Crippen LogP contribution in [-0.4, -0.2) is 37.4 Å². The van der Waals surface area contributed by atoms with Crippen LogP contribution in [0.2, 0.25) is 5.02 Å². The fourth-order valence-electron chi connectivity index (χ4n) is 3.47. The van der Waals surface area contributed by atoms with Gasteiger partial charge in [-0.3, -0.25) is 14.4 Å². The lowest BCUT2D eigenvalue weighted by atomic mass is 10.1. The second kappa shape index (κ2) is 8.36. The van der Waals surface area contributed by atoms with Gasteiger partial charge in [0.15, 0.2) is 0 Å². The van der Waals surface area contributed by atoms with E-state index in [-0.39, 0.29) is 36.7 Å². The molecule has 1 heterocycles. The van der Waals surface area contributed by atoms with E-state index in [4.69, 9.17) is 16.3 Å². The number of ether oxygens (including phenoxy) is 1. The van der Waals surface area contributed by atoms with Gasteiger partial charge >= 0.3 is 0 Å². The molecule has 2 aromatic carbocycles. The van der Waals surface area contributed by atoms with Crippen LogP contribution >= 0.6 is 11.6 Å². The highest BCUT2D eigenvalue weighted by molar-refractivity contribution is 6.31. The van der Waals surface area contributed by atoms with E-state index in [0.717, 1.165) is 12.8 Å². The molecule has 30 heavy (non-hydrogen) atoms. The van der Waals surface area contributed by atoms with Crippen LogP contribution in [-0.2, 0) is 9.59 Å². The summed E-state index contributed by atoms with van der Waals surface area (Å²) in [6, 6.07) is 12.1. The molecule has 0 spiro atoms. The second-order valence-corrected chi connectivity index (χ2v) is 7.98. The van der Waals surface area contributed by atoms with Crippen LogP contribution in [0, 0.1) is 5.92 Å². The van der Waals surface area contributed by atoms with Gasteiger partial charge in [0, 0.05) is 35.3 Å². The molecule has 156 valence electrons. The van der Waals surface area contributed by atoms with Gasteiger partial charge in [-0.2, -0.15) is 0 Å². The lowest BCUT2D eigenvalue weighted by Crippen LogP contribution is -2.28. The second-order valence-electron chi connectivity index (χ2n) is 7.54. The highest BCUT2D eigenvalue weighted by Crippen LogP contribution is 2.35. The molecule has 2 fully saturated rings. The van der Waals surface area contributed by atoms with Crippen molar-refractivity contribution in [3.63, 3.8) is 0 Å². The quantitative estimate of drug-likeness (QED) is 0.740. The van der Waals surface area contributed by atoms with Crippen molar-refractivity contribution in [3.05, 3.63) is 53.1 Å². The molecule has 2 N–H and O–H groups in total. The van der Waals surface area contributed by atoms with Crippen LogP contribution in [0.1, 0.15) is 29.6 Å². The predicted molar refractivity (Wildman–Crippen MR) is 114 cm³/mol. The van der Waals surface area contributed by atoms with Crippen molar-refractivity contribution in [1.82, 2.24) is 5.32 Å². The number of carbonyl (C=O) groups is 3. The third-order valence-corrected chi connectivity index (χ3v) is 5.47. The summed E-state index contributed by atoms with van der Waals surface area (Å²) in [5, 5.41) is 6.23. The van der Waals surface area contributed by atoms with E-state index < -0.39 is 5.92 Å². The van der Waals surface area contributed by atoms with Crippen molar-refractivity contribution >= 4 is 40.7 Å². The maximum Gasteiger partial charge on any atom is 0.251 e. The predicted octanol–water partition coefficient (Wildman–Crippen LogP) is 3.23. The van der Waals surface area contributed by atoms with E-state index in [1.807, 2.05) is 0 Å². The van der Waals surface area contributed by atoms with Gasteiger partial charge in [-0.25, -0.2) is 0 Å². The molecule has 0 aromatic heterocycles. The first-order valence-corrected chi connectivity index (χ1v) is 10.2. The summed E-state index contributed by atoms with van der Waals surface area (Å²) < 4.78 is 5.33. The molecule has 1 unspecified atom stereocenters. The highest BCUT2D eigenvalue weighted by atomic mass is 35.5. The average Bonchev–Trinajstić information content (AvgIpc) is 3.46. The summed E-state index contributed by atoms with van der Waals surface area (Å²) >= 11 is 6.08. The van der Waals surface area contributed by atoms with Crippen molar-refractivity contribution in [2.45, 2.75) is 25.3 Å². The van der Waals surface area contributed by atoms with E-state index >= 15 is 0 Å². The number of nitrogens with zero attached hydrogens (tertiary/aromatic N) is 1. The van der Waals surface area contributed by atoms with Gasteiger partial charge in [0.2, 0.25) is 11.8 Å². The van der Waals surface area contributed by atoms with Gasteiger partial charge in [-0.1, -0.05) is 17.7 Å². The van der Waals surface area contributed by atoms with Gasteiger partial charge in [0.1, 0.15) is 5.75 Å². The summed E-state index contributed by atoms with van der Waals surface area (Å²) in [5.74, 6) is -0.600. The molecule has 2 aromatic rings. The van der Waals surface area contributed by atoms with Crippen molar-refractivity contribution in [2.75, 3.05) is 23.9 Å². The maximum absolute atomic E-state index is 12.8. The van der Waals surface area contributed by atoms with Gasteiger partial charge < -0.3 is 20.3 Å². The summed E-state index contributed by atoms with van der Waals surface area (Å²) in [7, 11) is 1.52. The normalized spacial score (nSPS) is 18.3. The van der Waals surface area contributed by atoms with Crippen LogP contribution in [0.3, 0.4) is 0 Å². The minimum absolute atomic E-state index is 0.0867. The fraction of sp³-hybridized carbons (Fsp3) is 0.318. The standard InChI is InChI=1S/C22H22ClN3O4/c1-30-19-8-5-15(23)11-18(19)26-12-14(10-20(26)27)22(29)25-17-4-2-3-13(9-17)21(28)24-16-6-7-16/h2-5,8-9,11,14,16H,6-7,10,12H2,1H3,(H,24,28)(H,25,29). The van der Waals surface area contributed by atoms with Crippen molar-refractivity contribution < 1.29 is 19.1 Å². The molecule has 2 aliphatic rings. The van der Waals surface area contributed by atoms with Gasteiger partial charge in [-0.05, 0) is 49.2 Å². The molecule has 0 bridgehead atoms. The molecule has 7 nitrogen and oxygen atoms in total. The van der Waals surface area contributed by atoms with Crippen LogP contribution in [0.4, 0.5) is 11.4 Å². The van der Waals surface area contributed by atoms with Gasteiger partial charge in [0.05, 0.1) is 18.7 Å². The molecule has 1 aliphatic carbocycles. The first-order valence-electron chi connectivity index (χ1n) is 9.80. The topological polar surface area (TPSA) is 87.7 Å². The Kier molecular flexibility index (Phi) is 5.63. The zero-order valence-corrected chi connectivity index (χ0v) is 17.2. The highest BCUT2D eigenvalue weighted by Gasteiger charge is 2.36. The van der Waals surface area contributed by atoms with Crippen molar-refractivity contribution in [1.29, 1.82) is 0 Å². The summed E-state index contributed by atoms with van der Waals surface area (Å²) in [4.78, 5) is 39.1. The number of halogens is 1. The number of amides is 3. The smallest absolute Gasteiger partial charge is 0.251 e. The minimum atomic E-state index is -0.523. The van der Waals surface area contributed by atoms with Crippen LogP contribution < -0.4 is 20.3 Å². The Balaban J connectivity index is 1.44. The summed E-state index contributed by atoms with van der Waals surface area (Å²) in [6.45, 7) is 0.225. The Labute approximate surface area is 179 Å². The van der Waals surface area contributed by atoms with E-state index in [1.54, 1.807) is 42.5 Å². The molecule has 3 amide bonds. The molecule has 1 aliphatic heterocycles. The molecule has 4 rings (SSSR count). The van der Waals surface area contributed by atoms with Crippen LogP contribution in [0.25, 0.3) is 0 Å². The zero-order valence-electron chi connectivity index (χ0n) is 16.5. The van der Waals surface area contributed by atoms with E-state index in [1.165, 1.54) is 12.0 Å². The molecular weight excluding hydrogens is 406 g/mol. The largest absolute Gasteiger partial charge is 0.495 e. The summed E-state index contributed by atoms with van der Waals surface area (Å²) in [6.07, 6.45) is 2.10. The number of methoxy groups -OCH3 is 1. The Morgan fingerprint density at radius 3 is 2.70 bits per heavy atom. The Morgan fingerprint density at radius 1 is 1.17 bits per heavy atom. The number of hydrogen-bond donors (Lipinski definition) is 2. The number of carbonyl (C=O) groups excluding carboxylic acids is 3. The molecule has 1 saturated heterocycles. The number of benzene rings is 2. The molecular formula is C22H22ClN3O4. The Hall–Kier alpha value is -3.06. The maximum atomic E-state index is 12.8. The Morgan fingerprint density at radius 2 is 1.97 bits per heavy atom. The summed E-state index contributed by atoms with van der Waals surface area (Å²) in [5.41, 5.74) is 1.56. The zero-order chi connectivity index (χ0) is 21.3. The lowest BCUT2D eigenvalue weighted by Gasteiger charge is -2.20. The number of anilines is 2. The van der Waals surface area contributed by atoms with Crippen LogP contribution in [0.5, 0.6) is 5.75 Å². The van der Waals surface area contributed by atoms with E-state index in [2.05, 4.69) is 10.6 Å². The monoisotopic (exact) mass is 427 g/mol. The van der Waals surface area contributed by atoms with Gasteiger partial charge in [-0.15, -0.1) is 0 Å². The SMILES string of the molecule is COc1ccc(Cl)cc1N1CC(C(=O)Nc2cccc(C(=O)NC3CC3)c2)CC1=O. The molecule has 1 atom stereocenters.